The van der Waals surface area contributed by atoms with Gasteiger partial charge >= 0.3 is 0 Å². The molecule has 70 valence electrons. The van der Waals surface area contributed by atoms with Gasteiger partial charge in [0.15, 0.2) is 0 Å². The van der Waals surface area contributed by atoms with E-state index in [2.05, 4.69) is 0 Å². The number of halogens is 3. The van der Waals surface area contributed by atoms with E-state index in [1.807, 2.05) is 6.92 Å². The molecule has 0 bridgehead atoms. The molecule has 0 aromatic carbocycles. The monoisotopic (exact) mass is 187 g/mol. The molecule has 1 unspecified atom stereocenters. The van der Waals surface area contributed by atoms with Gasteiger partial charge in [-0.3, -0.25) is 0 Å². The molecule has 1 nitrogen and oxygen atoms in total. The molecule has 0 aromatic rings. The molecule has 0 aliphatic carbocycles. The molecule has 0 saturated heterocycles. The predicted molar refractivity (Wildman–Crippen MR) is 45.3 cm³/mol. The molecule has 0 heterocycles. The average molecular weight is 188 g/mol. The van der Waals surface area contributed by atoms with Crippen LogP contribution in [0.25, 0.3) is 0 Å². The molecule has 0 rings (SSSR count). The average Bonchev–Trinajstić information content (AvgIpc) is 1.81. The lowest BCUT2D eigenvalue weighted by atomic mass is 10.0. The van der Waals surface area contributed by atoms with Crippen LogP contribution in [0.1, 0.15) is 26.7 Å². The van der Waals surface area contributed by atoms with Crippen molar-refractivity contribution in [2.75, 3.05) is 6.54 Å². The SMILES string of the molecule is CC(CN)CCC(C)(F)F.Cl. The maximum absolute atomic E-state index is 12.2. The van der Waals surface area contributed by atoms with Crippen LogP contribution in [0.2, 0.25) is 0 Å². The minimum Gasteiger partial charge on any atom is -0.330 e. The lowest BCUT2D eigenvalue weighted by Gasteiger charge is -2.12. The summed E-state index contributed by atoms with van der Waals surface area (Å²) in [6, 6.07) is 0. The van der Waals surface area contributed by atoms with Crippen LogP contribution in [-0.4, -0.2) is 12.5 Å². The Labute approximate surface area is 72.8 Å². The van der Waals surface area contributed by atoms with Crippen molar-refractivity contribution in [3.8, 4) is 0 Å². The van der Waals surface area contributed by atoms with E-state index in [0.29, 0.717) is 13.0 Å². The summed E-state index contributed by atoms with van der Waals surface area (Å²) in [5.41, 5.74) is 5.26. The summed E-state index contributed by atoms with van der Waals surface area (Å²) in [6.45, 7) is 3.32. The fourth-order valence-corrected chi connectivity index (χ4v) is 0.618. The molecule has 0 aliphatic heterocycles. The highest BCUT2D eigenvalue weighted by atomic mass is 35.5. The molecule has 0 amide bonds. The van der Waals surface area contributed by atoms with Gasteiger partial charge in [0.1, 0.15) is 0 Å². The number of rotatable bonds is 4. The summed E-state index contributed by atoms with van der Waals surface area (Å²) in [7, 11) is 0. The first-order chi connectivity index (χ1) is 4.45. The van der Waals surface area contributed by atoms with Gasteiger partial charge in [0.2, 0.25) is 5.92 Å². The second-order valence-corrected chi connectivity index (χ2v) is 2.95. The highest BCUT2D eigenvalue weighted by molar-refractivity contribution is 5.85. The molecule has 1 atom stereocenters. The van der Waals surface area contributed by atoms with E-state index in [4.69, 9.17) is 5.73 Å². The van der Waals surface area contributed by atoms with Gasteiger partial charge in [0.25, 0.3) is 0 Å². The Kier molecular flexibility index (Phi) is 7.12. The molecule has 0 spiro atoms. The topological polar surface area (TPSA) is 26.0 Å². The summed E-state index contributed by atoms with van der Waals surface area (Å²) in [6.07, 6.45) is 0.464. The fraction of sp³-hybridized carbons (Fsp3) is 1.00. The Morgan fingerprint density at radius 2 is 1.91 bits per heavy atom. The minimum atomic E-state index is -2.52. The van der Waals surface area contributed by atoms with Crippen LogP contribution >= 0.6 is 12.4 Å². The van der Waals surface area contributed by atoms with Crippen molar-refractivity contribution < 1.29 is 8.78 Å². The second kappa shape index (κ2) is 5.72. The molecule has 0 aromatic heterocycles. The molecule has 0 fully saturated rings. The molecule has 11 heavy (non-hydrogen) atoms. The molecule has 0 radical (unpaired) electrons. The maximum Gasteiger partial charge on any atom is 0.245 e. The Morgan fingerprint density at radius 3 is 2.18 bits per heavy atom. The van der Waals surface area contributed by atoms with Crippen LogP contribution in [0.3, 0.4) is 0 Å². The summed E-state index contributed by atoms with van der Waals surface area (Å²) < 4.78 is 24.4. The van der Waals surface area contributed by atoms with Gasteiger partial charge < -0.3 is 5.73 Å². The van der Waals surface area contributed by atoms with Gasteiger partial charge in [0.05, 0.1) is 0 Å². The van der Waals surface area contributed by atoms with Crippen molar-refractivity contribution in [1.29, 1.82) is 0 Å². The lowest BCUT2D eigenvalue weighted by molar-refractivity contribution is 0.00755. The van der Waals surface area contributed by atoms with Crippen LogP contribution in [0.4, 0.5) is 8.78 Å². The summed E-state index contributed by atoms with van der Waals surface area (Å²) in [5.74, 6) is -2.31. The Hall–Kier alpha value is 0.110. The Balaban J connectivity index is 0. The van der Waals surface area contributed by atoms with Crippen LogP contribution in [0.5, 0.6) is 0 Å². The summed E-state index contributed by atoms with van der Waals surface area (Å²) >= 11 is 0. The standard InChI is InChI=1S/C7H15F2N.ClH/c1-6(5-10)3-4-7(2,8)9;/h6H,3-5,10H2,1-2H3;1H. The van der Waals surface area contributed by atoms with E-state index in [-0.39, 0.29) is 24.7 Å². The van der Waals surface area contributed by atoms with Crippen LogP contribution in [0, 0.1) is 5.92 Å². The van der Waals surface area contributed by atoms with Gasteiger partial charge in [-0.1, -0.05) is 6.92 Å². The maximum atomic E-state index is 12.2. The first kappa shape index (κ1) is 13.7. The minimum absolute atomic E-state index is 0. The predicted octanol–water partition coefficient (Wildman–Crippen LogP) is 2.44. The van der Waals surface area contributed by atoms with Crippen molar-refractivity contribution in [2.45, 2.75) is 32.6 Å². The van der Waals surface area contributed by atoms with Crippen molar-refractivity contribution in [3.63, 3.8) is 0 Å². The van der Waals surface area contributed by atoms with Crippen LogP contribution in [-0.2, 0) is 0 Å². The van der Waals surface area contributed by atoms with Gasteiger partial charge in [-0.05, 0) is 25.8 Å². The number of hydrogen-bond acceptors (Lipinski definition) is 1. The molecule has 4 heteroatoms. The van der Waals surface area contributed by atoms with Crippen molar-refractivity contribution in [3.05, 3.63) is 0 Å². The third-order valence-electron chi connectivity index (χ3n) is 1.48. The highest BCUT2D eigenvalue weighted by Gasteiger charge is 2.20. The van der Waals surface area contributed by atoms with E-state index in [1.165, 1.54) is 0 Å². The zero-order valence-corrected chi connectivity index (χ0v) is 7.76. The third kappa shape index (κ3) is 10.1. The largest absolute Gasteiger partial charge is 0.330 e. The molecule has 2 N–H and O–H groups in total. The van der Waals surface area contributed by atoms with E-state index >= 15 is 0 Å². The van der Waals surface area contributed by atoms with Gasteiger partial charge in [-0.2, -0.15) is 0 Å². The van der Waals surface area contributed by atoms with E-state index < -0.39 is 5.92 Å². The van der Waals surface area contributed by atoms with Crippen LogP contribution in [0.15, 0.2) is 0 Å². The number of hydrogen-bond donors (Lipinski definition) is 1. The number of alkyl halides is 2. The normalized spacial score (nSPS) is 13.9. The van der Waals surface area contributed by atoms with Crippen LogP contribution < -0.4 is 5.73 Å². The smallest absolute Gasteiger partial charge is 0.245 e. The van der Waals surface area contributed by atoms with E-state index in [0.717, 1.165) is 6.92 Å². The third-order valence-corrected chi connectivity index (χ3v) is 1.48. The van der Waals surface area contributed by atoms with Gasteiger partial charge in [-0.25, -0.2) is 8.78 Å². The number of nitrogens with two attached hydrogens (primary N) is 1. The van der Waals surface area contributed by atoms with Crippen molar-refractivity contribution >= 4 is 12.4 Å². The molecule has 0 aliphatic rings. The Bertz CT molecular complexity index is 92.9. The van der Waals surface area contributed by atoms with Gasteiger partial charge in [-0.15, -0.1) is 12.4 Å². The fourth-order valence-electron chi connectivity index (χ4n) is 0.618. The molecular weight excluding hydrogens is 172 g/mol. The van der Waals surface area contributed by atoms with Crippen molar-refractivity contribution in [2.24, 2.45) is 11.7 Å². The molecule has 0 saturated carbocycles. The second-order valence-electron chi connectivity index (χ2n) is 2.95. The zero-order valence-electron chi connectivity index (χ0n) is 6.94. The molecular formula is C7H16ClF2N. The first-order valence-corrected chi connectivity index (χ1v) is 3.53. The highest BCUT2D eigenvalue weighted by Crippen LogP contribution is 2.21. The summed E-state index contributed by atoms with van der Waals surface area (Å²) in [4.78, 5) is 0. The van der Waals surface area contributed by atoms with E-state index in [1.54, 1.807) is 0 Å². The Morgan fingerprint density at radius 1 is 1.45 bits per heavy atom. The first-order valence-electron chi connectivity index (χ1n) is 3.53. The summed E-state index contributed by atoms with van der Waals surface area (Å²) in [5, 5.41) is 0. The van der Waals surface area contributed by atoms with Crippen molar-refractivity contribution in [1.82, 2.24) is 0 Å². The van der Waals surface area contributed by atoms with E-state index in [9.17, 15) is 8.78 Å². The quantitative estimate of drug-likeness (QED) is 0.719. The zero-order chi connectivity index (χ0) is 8.20. The lowest BCUT2D eigenvalue weighted by Crippen LogP contribution is -2.16. The van der Waals surface area contributed by atoms with Gasteiger partial charge in [0, 0.05) is 6.42 Å².